The predicted octanol–water partition coefficient (Wildman–Crippen LogP) is 4.71. The van der Waals surface area contributed by atoms with Crippen LogP contribution in [0.4, 0.5) is 0 Å². The Morgan fingerprint density at radius 3 is 2.76 bits per heavy atom. The fourth-order valence-corrected chi connectivity index (χ4v) is 4.58. The summed E-state index contributed by atoms with van der Waals surface area (Å²) in [7, 11) is 0. The Kier molecular flexibility index (Phi) is 6.67. The summed E-state index contributed by atoms with van der Waals surface area (Å²) in [5, 5.41) is 18.2. The topological polar surface area (TPSA) is 102 Å². The molecular formula is C20H20N4O3S2. The molecule has 0 fully saturated rings. The summed E-state index contributed by atoms with van der Waals surface area (Å²) < 4.78 is 10.8. The van der Waals surface area contributed by atoms with Gasteiger partial charge in [-0.05, 0) is 44.9 Å². The second-order valence-electron chi connectivity index (χ2n) is 6.17. The van der Waals surface area contributed by atoms with Gasteiger partial charge in [0.25, 0.3) is 5.89 Å². The van der Waals surface area contributed by atoms with Gasteiger partial charge in [0.15, 0.2) is 0 Å². The largest absolute Gasteiger partial charge is 0.462 e. The number of esters is 1. The van der Waals surface area contributed by atoms with E-state index in [4.69, 9.17) is 9.15 Å². The number of ether oxygens (including phenoxy) is 1. The summed E-state index contributed by atoms with van der Waals surface area (Å²) >= 11 is 2.97. The number of rotatable bonds is 7. The standard InChI is InChI=1S/C20H20N4O3S2/c1-5-15-11(3)7-16(29-15)18-24-23-17(27-18)10-28-19-13(9-21)8-14(12(4)22-19)20(25)26-6-2/h7-8H,5-6,10H2,1-4H3. The molecule has 150 valence electrons. The fraction of sp³-hybridized carbons (Fsp3) is 0.350. The molecule has 0 saturated heterocycles. The highest BCUT2D eigenvalue weighted by atomic mass is 32.2. The monoisotopic (exact) mass is 428 g/mol. The third-order valence-corrected chi connectivity index (χ3v) is 6.49. The maximum atomic E-state index is 12.0. The molecule has 29 heavy (non-hydrogen) atoms. The van der Waals surface area contributed by atoms with Gasteiger partial charge in [0.05, 0.1) is 34.1 Å². The Hall–Kier alpha value is -2.70. The van der Waals surface area contributed by atoms with Crippen LogP contribution in [0.15, 0.2) is 21.6 Å². The summed E-state index contributed by atoms with van der Waals surface area (Å²) in [5.74, 6) is 0.838. The summed E-state index contributed by atoms with van der Waals surface area (Å²) in [4.78, 5) is 18.7. The van der Waals surface area contributed by atoms with Crippen molar-refractivity contribution in [3.05, 3.63) is 45.3 Å². The molecule has 0 aliphatic carbocycles. The number of carbonyl (C=O) groups excluding carboxylic acids is 1. The Morgan fingerprint density at radius 2 is 2.10 bits per heavy atom. The van der Waals surface area contributed by atoms with Crippen molar-refractivity contribution in [3.8, 4) is 16.8 Å². The third kappa shape index (κ3) is 4.66. The molecule has 0 unspecified atom stereocenters. The molecule has 0 N–H and O–H groups in total. The molecule has 0 aliphatic rings. The number of thioether (sulfide) groups is 1. The number of carbonyl (C=O) groups is 1. The van der Waals surface area contributed by atoms with Crippen LogP contribution in [0.1, 0.15) is 51.8 Å². The van der Waals surface area contributed by atoms with Crippen LogP contribution in [0.25, 0.3) is 10.8 Å². The van der Waals surface area contributed by atoms with Crippen LogP contribution in [0.2, 0.25) is 0 Å². The Morgan fingerprint density at radius 1 is 1.31 bits per heavy atom. The highest BCUT2D eigenvalue weighted by Crippen LogP contribution is 2.32. The van der Waals surface area contributed by atoms with Gasteiger partial charge in [0.2, 0.25) is 5.89 Å². The second kappa shape index (κ2) is 9.20. The molecule has 7 nitrogen and oxygen atoms in total. The van der Waals surface area contributed by atoms with E-state index in [9.17, 15) is 10.1 Å². The summed E-state index contributed by atoms with van der Waals surface area (Å²) in [6, 6.07) is 5.66. The van der Waals surface area contributed by atoms with E-state index < -0.39 is 5.97 Å². The lowest BCUT2D eigenvalue weighted by molar-refractivity contribution is 0.0524. The van der Waals surface area contributed by atoms with Gasteiger partial charge in [-0.15, -0.1) is 21.5 Å². The molecule has 0 spiro atoms. The highest BCUT2D eigenvalue weighted by Gasteiger charge is 2.18. The van der Waals surface area contributed by atoms with Crippen molar-refractivity contribution < 1.29 is 13.9 Å². The molecule has 0 atom stereocenters. The molecule has 3 heterocycles. The van der Waals surface area contributed by atoms with Gasteiger partial charge < -0.3 is 9.15 Å². The van der Waals surface area contributed by atoms with Crippen LogP contribution in [0.3, 0.4) is 0 Å². The number of thiophene rings is 1. The Balaban J connectivity index is 1.76. The minimum Gasteiger partial charge on any atom is -0.462 e. The first-order valence-corrected chi connectivity index (χ1v) is 10.9. The number of nitrogens with zero attached hydrogens (tertiary/aromatic N) is 4. The molecule has 0 bridgehead atoms. The SMILES string of the molecule is CCOC(=O)c1cc(C#N)c(SCc2nnc(-c3cc(C)c(CC)s3)o2)nc1C. The quantitative estimate of drug-likeness (QED) is 0.394. The van der Waals surface area contributed by atoms with Gasteiger partial charge in [-0.1, -0.05) is 18.7 Å². The van der Waals surface area contributed by atoms with E-state index in [0.717, 1.165) is 11.3 Å². The summed E-state index contributed by atoms with van der Waals surface area (Å²) in [6.07, 6.45) is 0.969. The van der Waals surface area contributed by atoms with Gasteiger partial charge in [0, 0.05) is 4.88 Å². The summed E-state index contributed by atoms with van der Waals surface area (Å²) in [6.45, 7) is 7.90. The van der Waals surface area contributed by atoms with Crippen LogP contribution >= 0.6 is 23.1 Å². The fourth-order valence-electron chi connectivity index (χ4n) is 2.71. The smallest absolute Gasteiger partial charge is 0.340 e. The lowest BCUT2D eigenvalue weighted by atomic mass is 10.1. The first-order valence-electron chi connectivity index (χ1n) is 9.10. The zero-order valence-electron chi connectivity index (χ0n) is 16.6. The maximum absolute atomic E-state index is 12.0. The molecule has 0 aliphatic heterocycles. The average molecular weight is 429 g/mol. The molecule has 0 aromatic carbocycles. The van der Waals surface area contributed by atoms with E-state index in [1.54, 1.807) is 25.2 Å². The second-order valence-corrected chi connectivity index (χ2v) is 8.27. The minimum atomic E-state index is -0.482. The molecule has 3 rings (SSSR count). The highest BCUT2D eigenvalue weighted by molar-refractivity contribution is 7.98. The molecule has 0 radical (unpaired) electrons. The van der Waals surface area contributed by atoms with Crippen molar-refractivity contribution in [2.75, 3.05) is 6.61 Å². The normalized spacial score (nSPS) is 10.7. The minimum absolute atomic E-state index is 0.264. The number of aryl methyl sites for hydroxylation is 3. The van der Waals surface area contributed by atoms with Crippen molar-refractivity contribution >= 4 is 29.1 Å². The molecule has 3 aromatic heterocycles. The van der Waals surface area contributed by atoms with E-state index in [-0.39, 0.29) is 6.61 Å². The van der Waals surface area contributed by atoms with Gasteiger partial charge >= 0.3 is 5.97 Å². The Bertz CT molecular complexity index is 1080. The van der Waals surface area contributed by atoms with Crippen molar-refractivity contribution in [1.29, 1.82) is 5.26 Å². The number of hydrogen-bond donors (Lipinski definition) is 0. The number of hydrogen-bond acceptors (Lipinski definition) is 9. The molecule has 0 amide bonds. The Labute approximate surface area is 177 Å². The van der Waals surface area contributed by atoms with Gasteiger partial charge in [0.1, 0.15) is 11.1 Å². The predicted molar refractivity (Wildman–Crippen MR) is 111 cm³/mol. The lowest BCUT2D eigenvalue weighted by Crippen LogP contribution is -2.09. The van der Waals surface area contributed by atoms with Gasteiger partial charge in [-0.3, -0.25) is 0 Å². The van der Waals surface area contributed by atoms with Gasteiger partial charge in [-0.25, -0.2) is 9.78 Å². The first kappa shape index (κ1) is 21.0. The average Bonchev–Trinajstić information content (AvgIpc) is 3.32. The first-order chi connectivity index (χ1) is 14.0. The summed E-state index contributed by atoms with van der Waals surface area (Å²) in [5.41, 5.74) is 2.34. The van der Waals surface area contributed by atoms with E-state index in [1.165, 1.54) is 28.3 Å². The van der Waals surface area contributed by atoms with E-state index in [0.29, 0.717) is 39.4 Å². The van der Waals surface area contributed by atoms with Gasteiger partial charge in [-0.2, -0.15) is 5.26 Å². The van der Waals surface area contributed by atoms with Crippen LogP contribution < -0.4 is 0 Å². The number of nitriles is 1. The van der Waals surface area contributed by atoms with Crippen molar-refractivity contribution in [3.63, 3.8) is 0 Å². The number of aromatic nitrogens is 3. The zero-order chi connectivity index (χ0) is 21.0. The molecule has 9 heteroatoms. The zero-order valence-corrected chi connectivity index (χ0v) is 18.2. The molecule has 0 saturated carbocycles. The van der Waals surface area contributed by atoms with E-state index in [2.05, 4.69) is 41.2 Å². The van der Waals surface area contributed by atoms with Crippen molar-refractivity contribution in [2.24, 2.45) is 0 Å². The maximum Gasteiger partial charge on any atom is 0.340 e. The van der Waals surface area contributed by atoms with E-state index in [1.807, 2.05) is 0 Å². The molecule has 3 aromatic rings. The van der Waals surface area contributed by atoms with Crippen LogP contribution in [0, 0.1) is 25.2 Å². The van der Waals surface area contributed by atoms with E-state index >= 15 is 0 Å². The van der Waals surface area contributed by atoms with Crippen molar-refractivity contribution in [1.82, 2.24) is 15.2 Å². The van der Waals surface area contributed by atoms with Crippen LogP contribution in [0.5, 0.6) is 0 Å². The van der Waals surface area contributed by atoms with Crippen molar-refractivity contribution in [2.45, 2.75) is 44.9 Å². The van der Waals surface area contributed by atoms with Crippen LogP contribution in [-0.4, -0.2) is 27.8 Å². The molecular weight excluding hydrogens is 408 g/mol. The number of pyridine rings is 1. The van der Waals surface area contributed by atoms with Crippen LogP contribution in [-0.2, 0) is 16.9 Å². The third-order valence-electron chi connectivity index (χ3n) is 4.15. The lowest BCUT2D eigenvalue weighted by Gasteiger charge is -2.08.